The molecule has 6 heteroatoms. The molecule has 0 bridgehead atoms. The van der Waals surface area contributed by atoms with Crippen molar-refractivity contribution >= 4 is 5.91 Å². The number of carbonyl (C=O) groups is 1. The molecule has 80 valence electrons. The molecule has 4 N–H and O–H groups in total. The van der Waals surface area contributed by atoms with Crippen LogP contribution in [0.15, 0.2) is 6.20 Å². The molecule has 2 heterocycles. The van der Waals surface area contributed by atoms with Crippen molar-refractivity contribution in [2.24, 2.45) is 11.5 Å². The van der Waals surface area contributed by atoms with Gasteiger partial charge in [0.25, 0.3) is 0 Å². The van der Waals surface area contributed by atoms with Gasteiger partial charge in [-0.1, -0.05) is 0 Å². The molecular weight excluding hydrogens is 196 g/mol. The summed E-state index contributed by atoms with van der Waals surface area (Å²) in [4.78, 5) is 19.1. The quantitative estimate of drug-likeness (QED) is 0.667. The molecule has 6 nitrogen and oxygen atoms in total. The third-order valence-electron chi connectivity index (χ3n) is 2.25. The molecule has 1 aromatic rings. The molecular formula is C9H12N4O2. The summed E-state index contributed by atoms with van der Waals surface area (Å²) < 4.78 is 5.31. The minimum absolute atomic E-state index is 0.350. The fraction of sp³-hybridized carbons (Fsp3) is 0.444. The summed E-state index contributed by atoms with van der Waals surface area (Å²) >= 11 is 0. The van der Waals surface area contributed by atoms with Crippen molar-refractivity contribution in [2.75, 3.05) is 6.61 Å². The van der Waals surface area contributed by atoms with Crippen LogP contribution in [0.5, 0.6) is 5.88 Å². The van der Waals surface area contributed by atoms with Crippen LogP contribution in [0, 0.1) is 0 Å². The highest BCUT2D eigenvalue weighted by Crippen LogP contribution is 2.21. The summed E-state index contributed by atoms with van der Waals surface area (Å²) in [6.45, 7) is 0.622. The van der Waals surface area contributed by atoms with E-state index >= 15 is 0 Å². The van der Waals surface area contributed by atoms with E-state index in [2.05, 4.69) is 9.97 Å². The lowest BCUT2D eigenvalue weighted by atomic mass is 10.2. The number of nitrogens with two attached hydrogens (primary N) is 2. The van der Waals surface area contributed by atoms with Gasteiger partial charge in [0.05, 0.1) is 18.5 Å². The van der Waals surface area contributed by atoms with Crippen LogP contribution in [-0.4, -0.2) is 22.5 Å². The second-order valence-electron chi connectivity index (χ2n) is 3.38. The molecule has 2 rings (SSSR count). The summed E-state index contributed by atoms with van der Waals surface area (Å²) in [7, 11) is 0. The van der Waals surface area contributed by atoms with E-state index in [-0.39, 0.29) is 0 Å². The van der Waals surface area contributed by atoms with Gasteiger partial charge in [0.15, 0.2) is 0 Å². The van der Waals surface area contributed by atoms with Gasteiger partial charge in [-0.25, -0.2) is 4.98 Å². The molecule has 1 amide bonds. The van der Waals surface area contributed by atoms with Crippen molar-refractivity contribution in [3.8, 4) is 5.88 Å². The van der Waals surface area contributed by atoms with Crippen LogP contribution in [0.3, 0.4) is 0 Å². The number of rotatable bonds is 2. The molecule has 0 saturated heterocycles. The zero-order chi connectivity index (χ0) is 10.8. The zero-order valence-electron chi connectivity index (χ0n) is 8.14. The van der Waals surface area contributed by atoms with E-state index in [9.17, 15) is 4.79 Å². The highest BCUT2D eigenvalue weighted by molar-refractivity contribution is 5.80. The Labute approximate surface area is 86.6 Å². The van der Waals surface area contributed by atoms with Crippen LogP contribution in [0.4, 0.5) is 0 Å². The van der Waals surface area contributed by atoms with E-state index in [0.29, 0.717) is 18.2 Å². The van der Waals surface area contributed by atoms with E-state index < -0.39 is 11.9 Å². The second-order valence-corrected chi connectivity index (χ2v) is 3.38. The Morgan fingerprint density at radius 1 is 1.60 bits per heavy atom. The van der Waals surface area contributed by atoms with E-state index in [1.165, 1.54) is 6.20 Å². The fourth-order valence-electron chi connectivity index (χ4n) is 1.40. The molecule has 0 radical (unpaired) electrons. The topological polar surface area (TPSA) is 104 Å². The molecule has 0 spiro atoms. The highest BCUT2D eigenvalue weighted by Gasteiger charge is 2.19. The zero-order valence-corrected chi connectivity index (χ0v) is 8.14. The Morgan fingerprint density at radius 2 is 2.40 bits per heavy atom. The average molecular weight is 208 g/mol. The van der Waals surface area contributed by atoms with Crippen molar-refractivity contribution < 1.29 is 9.53 Å². The Bertz CT molecular complexity index is 394. The van der Waals surface area contributed by atoms with E-state index in [4.69, 9.17) is 16.2 Å². The van der Waals surface area contributed by atoms with Gasteiger partial charge in [-0.2, -0.15) is 0 Å². The smallest absolute Gasteiger partial charge is 0.240 e. The van der Waals surface area contributed by atoms with Crippen molar-refractivity contribution in [2.45, 2.75) is 18.9 Å². The van der Waals surface area contributed by atoms with Gasteiger partial charge in [-0.3, -0.25) is 9.78 Å². The van der Waals surface area contributed by atoms with Crippen LogP contribution in [0.1, 0.15) is 23.9 Å². The fourth-order valence-corrected chi connectivity index (χ4v) is 1.40. The van der Waals surface area contributed by atoms with Crippen molar-refractivity contribution in [3.63, 3.8) is 0 Å². The highest BCUT2D eigenvalue weighted by atomic mass is 16.5. The lowest BCUT2D eigenvalue weighted by Gasteiger charge is -2.16. The largest absolute Gasteiger partial charge is 0.476 e. The predicted octanol–water partition coefficient (Wildman–Crippen LogP) is -0.713. The molecule has 1 aliphatic heterocycles. The number of amides is 1. The molecule has 1 aromatic heterocycles. The Balaban J connectivity index is 2.31. The molecule has 0 aliphatic carbocycles. The first-order chi connectivity index (χ1) is 7.18. The van der Waals surface area contributed by atoms with Gasteiger partial charge < -0.3 is 16.2 Å². The molecule has 1 atom stereocenters. The van der Waals surface area contributed by atoms with Crippen molar-refractivity contribution in [1.29, 1.82) is 0 Å². The van der Waals surface area contributed by atoms with Crippen LogP contribution in [-0.2, 0) is 11.2 Å². The number of primary amides is 1. The first kappa shape index (κ1) is 9.85. The van der Waals surface area contributed by atoms with E-state index in [1.54, 1.807) is 0 Å². The number of hydrogen-bond donors (Lipinski definition) is 2. The van der Waals surface area contributed by atoms with Crippen molar-refractivity contribution in [1.82, 2.24) is 9.97 Å². The van der Waals surface area contributed by atoms with Gasteiger partial charge in [0, 0.05) is 0 Å². The SMILES string of the molecule is NC(=O)C(N)c1cnc2c(n1)OCCC2. The van der Waals surface area contributed by atoms with E-state index in [1.807, 2.05) is 0 Å². The first-order valence-corrected chi connectivity index (χ1v) is 4.72. The monoisotopic (exact) mass is 208 g/mol. The van der Waals surface area contributed by atoms with Gasteiger partial charge in [0.2, 0.25) is 11.8 Å². The van der Waals surface area contributed by atoms with Gasteiger partial charge in [-0.05, 0) is 12.8 Å². The average Bonchev–Trinajstić information content (AvgIpc) is 2.27. The third-order valence-corrected chi connectivity index (χ3v) is 2.25. The van der Waals surface area contributed by atoms with Gasteiger partial charge >= 0.3 is 0 Å². The Kier molecular flexibility index (Phi) is 2.51. The van der Waals surface area contributed by atoms with Crippen LogP contribution in [0.2, 0.25) is 0 Å². The number of hydrogen-bond acceptors (Lipinski definition) is 5. The Morgan fingerprint density at radius 3 is 3.13 bits per heavy atom. The normalized spacial score (nSPS) is 16.3. The summed E-state index contributed by atoms with van der Waals surface area (Å²) in [6, 6.07) is -0.923. The number of carbonyl (C=O) groups excluding carboxylic acids is 1. The van der Waals surface area contributed by atoms with Crippen molar-refractivity contribution in [3.05, 3.63) is 17.6 Å². The van der Waals surface area contributed by atoms with Gasteiger partial charge in [-0.15, -0.1) is 0 Å². The lowest BCUT2D eigenvalue weighted by molar-refractivity contribution is -0.119. The maximum atomic E-state index is 10.9. The number of aryl methyl sites for hydroxylation is 1. The van der Waals surface area contributed by atoms with Gasteiger partial charge in [0.1, 0.15) is 11.7 Å². The minimum Gasteiger partial charge on any atom is -0.476 e. The number of nitrogens with zero attached hydrogens (tertiary/aromatic N) is 2. The van der Waals surface area contributed by atoms with Crippen LogP contribution < -0.4 is 16.2 Å². The third kappa shape index (κ3) is 1.89. The summed E-state index contributed by atoms with van der Waals surface area (Å²) in [5.74, 6) is -0.157. The molecule has 1 unspecified atom stereocenters. The lowest BCUT2D eigenvalue weighted by Crippen LogP contribution is -2.29. The summed E-state index contributed by atoms with van der Waals surface area (Å²) in [5.41, 5.74) is 11.8. The maximum absolute atomic E-state index is 10.9. The molecule has 1 aliphatic rings. The first-order valence-electron chi connectivity index (χ1n) is 4.72. The summed E-state index contributed by atoms with van der Waals surface area (Å²) in [6.07, 6.45) is 3.25. The molecule has 15 heavy (non-hydrogen) atoms. The number of aromatic nitrogens is 2. The molecule has 0 fully saturated rings. The second kappa shape index (κ2) is 3.82. The number of ether oxygens (including phenoxy) is 1. The minimum atomic E-state index is -0.923. The number of fused-ring (bicyclic) bond motifs is 1. The summed E-state index contributed by atoms with van der Waals surface area (Å²) in [5, 5.41) is 0. The van der Waals surface area contributed by atoms with Crippen LogP contribution in [0.25, 0.3) is 0 Å². The molecule has 0 saturated carbocycles. The van der Waals surface area contributed by atoms with Crippen LogP contribution >= 0.6 is 0 Å². The van der Waals surface area contributed by atoms with E-state index in [0.717, 1.165) is 18.5 Å². The standard InChI is InChI=1S/C9H12N4O2/c10-7(8(11)14)6-4-12-5-2-1-3-15-9(5)13-6/h4,7H,1-3,10H2,(H2,11,14). The predicted molar refractivity (Wildman–Crippen MR) is 52.0 cm³/mol. The Hall–Kier alpha value is -1.69. The maximum Gasteiger partial charge on any atom is 0.240 e. The molecule has 0 aromatic carbocycles.